The van der Waals surface area contributed by atoms with Crippen LogP contribution in [0.4, 0.5) is 0 Å². The van der Waals surface area contributed by atoms with Crippen LogP contribution in [0.3, 0.4) is 0 Å². The summed E-state index contributed by atoms with van der Waals surface area (Å²) in [5.41, 5.74) is 30.9. The highest BCUT2D eigenvalue weighted by atomic mass is 16.4. The van der Waals surface area contributed by atoms with E-state index in [4.69, 9.17) is 50.6 Å². The number of nitrogens with two attached hydrogens (primary N) is 6. The van der Waals surface area contributed by atoms with Crippen LogP contribution in [-0.2, 0) is 92.7 Å². The molecule has 138 heavy (non-hydrogen) atoms. The molecule has 0 saturated carbocycles. The summed E-state index contributed by atoms with van der Waals surface area (Å²) in [6.07, 6.45) is 4.57. The van der Waals surface area contributed by atoms with E-state index < -0.39 is 233 Å². The number of guanidine groups is 3. The van der Waals surface area contributed by atoms with Crippen LogP contribution >= 0.6 is 0 Å². The normalized spacial score (nSPS) is 19.1. The Kier molecular flexibility index (Phi) is 56.5. The number of hydrogen-bond acceptors (Lipinski definition) is 23. The molecule has 0 saturated heterocycles. The highest BCUT2D eigenvalue weighted by Gasteiger charge is 2.44. The number of rotatable bonds is 57. The molecule has 0 aromatic heterocycles. The third-order valence-corrected chi connectivity index (χ3v) is 22.8. The Morgan fingerprint density at radius 2 is 0.949 bits per heavy atom. The lowest BCUT2D eigenvalue weighted by Gasteiger charge is -2.34. The number of amides is 17. The number of allylic oxidation sites excluding steroid dienone is 2. The van der Waals surface area contributed by atoms with Gasteiger partial charge in [0.1, 0.15) is 89.6 Å². The number of benzene rings is 1. The number of aliphatic carboxylic acids is 1. The number of carbonyl (C=O) groups is 18. The zero-order valence-corrected chi connectivity index (χ0v) is 82.2. The second-order valence-corrected chi connectivity index (χ2v) is 36.4. The number of unbranched alkanes of at least 4 members (excludes halogenated alkanes) is 3. The molecule has 15 atom stereocenters. The second kappa shape index (κ2) is 64.3. The third kappa shape index (κ3) is 47.8. The molecule has 2 rings (SSSR count). The number of nitrogens with one attached hydrogen (secondary N) is 22. The van der Waals surface area contributed by atoms with E-state index in [0.29, 0.717) is 37.7 Å². The van der Waals surface area contributed by atoms with Gasteiger partial charge in [0.2, 0.25) is 100 Å². The van der Waals surface area contributed by atoms with E-state index in [9.17, 15) is 77.0 Å². The fourth-order valence-corrected chi connectivity index (χ4v) is 14.7. The predicted molar refractivity (Wildman–Crippen MR) is 518 cm³/mol. The molecule has 47 heteroatoms. The number of primary amides is 1. The average Bonchev–Trinajstić information content (AvgIpc) is 0.884. The van der Waals surface area contributed by atoms with Crippen molar-refractivity contribution in [2.24, 2.45) is 52.2 Å². The van der Waals surface area contributed by atoms with Gasteiger partial charge in [-0.15, -0.1) is 0 Å². The summed E-state index contributed by atoms with van der Waals surface area (Å²) in [4.78, 5) is 255. The van der Waals surface area contributed by atoms with Gasteiger partial charge in [-0.25, -0.2) is 0 Å². The van der Waals surface area contributed by atoms with Gasteiger partial charge in [-0.05, 0) is 199 Å². The van der Waals surface area contributed by atoms with E-state index in [1.54, 1.807) is 70.2 Å². The van der Waals surface area contributed by atoms with Crippen LogP contribution in [0.25, 0.3) is 0 Å². The van der Waals surface area contributed by atoms with Crippen molar-refractivity contribution in [3.8, 4) is 0 Å². The molecule has 1 aromatic rings. The molecule has 0 radical (unpaired) electrons. The Bertz CT molecular complexity index is 4240. The number of carboxylic acid groups (broad SMARTS) is 1. The summed E-state index contributed by atoms with van der Waals surface area (Å²) in [7, 11) is 0. The van der Waals surface area contributed by atoms with Crippen molar-refractivity contribution in [3.05, 3.63) is 48.0 Å². The van der Waals surface area contributed by atoms with Gasteiger partial charge >= 0.3 is 5.97 Å². The Morgan fingerprint density at radius 1 is 0.486 bits per heavy atom. The van der Waals surface area contributed by atoms with Crippen LogP contribution in [-0.4, -0.2) is 258 Å². The quantitative estimate of drug-likeness (QED) is 0.0131. The fraction of sp³-hybridized carbons (Fsp3) is 0.681. The van der Waals surface area contributed by atoms with Crippen molar-refractivity contribution >= 4 is 124 Å². The van der Waals surface area contributed by atoms with Gasteiger partial charge in [0.05, 0.1) is 0 Å². The van der Waals surface area contributed by atoms with Crippen molar-refractivity contribution in [3.63, 3.8) is 0 Å². The third-order valence-electron chi connectivity index (χ3n) is 22.8. The molecule has 17 amide bonds. The first kappa shape index (κ1) is 121. The zero-order valence-electron chi connectivity index (χ0n) is 82.2. The highest BCUT2D eigenvalue weighted by Crippen LogP contribution is 2.23. The first-order chi connectivity index (χ1) is 65.0. The molecule has 35 N–H and O–H groups in total. The SMILES string of the molecule is CCCC[C@H](NC(=O)[C@H](CCC(=O)O)NC(=O)[C@H](CCCNC(=N)N)NC(=O)[C@]1(C)CCC/C=C\CCC[C@](C)(NC(=O)[C@H](CCCNC(=N)N)NC(=O)[C@H](CCCNC(=N)N)NC(=O)[C@H](C)NC(=O)[C@@H](NC(=O)[C@H](CCCCN)NC(=O)[C@H](Cc2ccccc2)NC(=O)CCNC(C)=O)C(C)C)C(=O)N[C@@H](C(C)C)C(=O)N[C@@H](C)C(=O)N[C@@H](CCCCN)C(=O)N1)C(=O)N[C@@H](CC(C)C)C(N)=O. The Morgan fingerprint density at radius 3 is 1.43 bits per heavy atom. The van der Waals surface area contributed by atoms with Crippen LogP contribution in [0, 0.1) is 34.0 Å². The maximum atomic E-state index is 15.3. The van der Waals surface area contributed by atoms with Gasteiger partial charge in [-0.3, -0.25) is 103 Å². The molecule has 47 nitrogen and oxygen atoms in total. The molecule has 1 heterocycles. The summed E-state index contributed by atoms with van der Waals surface area (Å²) in [6.45, 7) is 18.9. The fourth-order valence-electron chi connectivity index (χ4n) is 14.7. The summed E-state index contributed by atoms with van der Waals surface area (Å²) in [5.74, 6) is -18.3. The minimum atomic E-state index is -1.96. The van der Waals surface area contributed by atoms with Crippen molar-refractivity contribution in [2.45, 2.75) is 340 Å². The minimum absolute atomic E-state index is 0.00265. The minimum Gasteiger partial charge on any atom is -0.481 e. The lowest BCUT2D eigenvalue weighted by molar-refractivity contribution is -0.139. The maximum absolute atomic E-state index is 15.3. The topological polar surface area (TPSA) is 784 Å². The smallest absolute Gasteiger partial charge is 0.303 e. The summed E-state index contributed by atoms with van der Waals surface area (Å²) in [6, 6.07) is -9.56. The molecule has 0 fully saturated rings. The predicted octanol–water partition coefficient (Wildman–Crippen LogP) is -3.30. The largest absolute Gasteiger partial charge is 0.481 e. The van der Waals surface area contributed by atoms with Crippen LogP contribution in [0.15, 0.2) is 42.5 Å². The van der Waals surface area contributed by atoms with Gasteiger partial charge in [-0.2, -0.15) is 0 Å². The van der Waals surface area contributed by atoms with Gasteiger partial charge in [-0.1, -0.05) is 104 Å². The Labute approximate surface area is 808 Å². The summed E-state index contributed by atoms with van der Waals surface area (Å²) < 4.78 is 0. The molecule has 1 aliphatic heterocycles. The average molecular weight is 1950 g/mol. The van der Waals surface area contributed by atoms with Crippen molar-refractivity contribution in [2.75, 3.05) is 39.3 Å². The first-order valence-corrected chi connectivity index (χ1v) is 47.7. The van der Waals surface area contributed by atoms with Crippen LogP contribution < -0.4 is 135 Å². The van der Waals surface area contributed by atoms with E-state index in [2.05, 4.69) is 101 Å². The standard InChI is InChI=1S/C91H158N28O19/c1-13-14-33-59(76(128)114-66(72(94)124)50-52(2)3)110-78(130)65(39-40-69(122)123)113-77(129)62(37-29-47-103-88(97)98)115-85(137)90(11)42-24-17-15-16-18-25-43-91(12,86(138)117-71(54(6)7)84(136)106-56(9)74(126)109-63(81(133)118-90)35-23-27-45-93)119-82(134)64(38-30-48-104-89(99)100)112-75(127)61(36-28-46-102-87(95)96)108-73(125)55(8)105-83(135)70(53(4)5)116-79(131)60(34-22-26-44-92)111-80(132)67(51-58-31-20-19-21-32-58)107-68(121)41-49-101-57(10)120/h15-16,19-21,31-32,52-56,59-67,70-71H,13-14,17-18,22-30,33-51,92-93H2,1-12H3,(H2,94,124)(H,101,120)(H,105,135)(H,106,136)(H,107,121)(H,108,125)(H,109,126)(H,110,130)(H,111,132)(H,112,127)(H,113,129)(H,114,128)(H,115,137)(H,116,131)(H,117,138)(H,118,133)(H,119,134)(H,122,123)(H4,95,96,102)(H4,97,98,103)(H4,99,100,104)/b16-15-/t55-,56-,59-,60-,61-,62-,63-,64-,65-,66-,67-,70-,71-,90-,91-/m0/s1. The molecule has 0 spiro atoms. The van der Waals surface area contributed by atoms with Crippen molar-refractivity contribution in [1.82, 2.24) is 101 Å². The van der Waals surface area contributed by atoms with Gasteiger partial charge in [0, 0.05) is 52.4 Å². The highest BCUT2D eigenvalue weighted by molar-refractivity contribution is 6.02. The first-order valence-electron chi connectivity index (χ1n) is 47.7. The monoisotopic (exact) mass is 1950 g/mol. The van der Waals surface area contributed by atoms with Gasteiger partial charge in [0.25, 0.3) is 0 Å². The number of hydrogen-bond donors (Lipinski definition) is 29. The van der Waals surface area contributed by atoms with Gasteiger partial charge < -0.3 is 141 Å². The number of carbonyl (C=O) groups excluding carboxylic acids is 17. The zero-order chi connectivity index (χ0) is 104. The summed E-state index contributed by atoms with van der Waals surface area (Å²) in [5, 5.41) is 83.9. The van der Waals surface area contributed by atoms with Crippen LogP contribution in [0.1, 0.15) is 249 Å². The summed E-state index contributed by atoms with van der Waals surface area (Å²) >= 11 is 0. The van der Waals surface area contributed by atoms with Crippen LogP contribution in [0.2, 0.25) is 0 Å². The Balaban J connectivity index is 2.78. The van der Waals surface area contributed by atoms with E-state index in [-0.39, 0.29) is 173 Å². The second-order valence-electron chi connectivity index (χ2n) is 36.4. The molecule has 1 aliphatic rings. The molecular formula is C91H158N28O19. The van der Waals surface area contributed by atoms with E-state index in [1.165, 1.54) is 34.6 Å². The van der Waals surface area contributed by atoms with Crippen molar-refractivity contribution < 1.29 is 91.4 Å². The molecule has 776 valence electrons. The lowest BCUT2D eigenvalue weighted by atomic mass is 9.90. The number of carboxylic acids is 1. The molecule has 0 aliphatic carbocycles. The maximum Gasteiger partial charge on any atom is 0.303 e. The van der Waals surface area contributed by atoms with Crippen molar-refractivity contribution in [1.29, 1.82) is 16.2 Å². The van der Waals surface area contributed by atoms with E-state index >= 15 is 14.4 Å². The molecule has 0 bridgehead atoms. The van der Waals surface area contributed by atoms with Crippen LogP contribution in [0.5, 0.6) is 0 Å². The molecular weight excluding hydrogens is 1790 g/mol. The van der Waals surface area contributed by atoms with E-state index in [0.717, 1.165) is 0 Å². The van der Waals surface area contributed by atoms with Gasteiger partial charge in [0.15, 0.2) is 17.9 Å². The lowest BCUT2D eigenvalue weighted by Crippen LogP contribution is -2.65. The molecule has 1 aromatic carbocycles. The Hall–Kier alpha value is -12.8. The molecule has 0 unspecified atom stereocenters. The van der Waals surface area contributed by atoms with E-state index in [1.807, 2.05) is 20.8 Å².